The summed E-state index contributed by atoms with van der Waals surface area (Å²) < 4.78 is 6.79. The van der Waals surface area contributed by atoms with Crippen molar-refractivity contribution in [1.82, 2.24) is 5.43 Å². The molecule has 0 atom stereocenters. The number of benzene rings is 1. The van der Waals surface area contributed by atoms with Crippen LogP contribution in [0.3, 0.4) is 0 Å². The van der Waals surface area contributed by atoms with E-state index in [1.807, 2.05) is 13.0 Å². The molecule has 1 saturated carbocycles. The van der Waals surface area contributed by atoms with Crippen LogP contribution in [0.25, 0.3) is 0 Å². The number of carbonyl (C=O) groups is 1. The van der Waals surface area contributed by atoms with Crippen molar-refractivity contribution in [3.63, 3.8) is 0 Å². The van der Waals surface area contributed by atoms with E-state index in [4.69, 9.17) is 4.74 Å². The number of nitrogens with zero attached hydrogens (tertiary/aromatic N) is 1. The lowest BCUT2D eigenvalue weighted by molar-refractivity contribution is -0.123. The molecule has 1 aliphatic rings. The Morgan fingerprint density at radius 1 is 1.30 bits per heavy atom. The van der Waals surface area contributed by atoms with Crippen molar-refractivity contribution in [1.29, 1.82) is 0 Å². The van der Waals surface area contributed by atoms with Gasteiger partial charge in [0.2, 0.25) is 0 Å². The second-order valence-corrected chi connectivity index (χ2v) is 7.21. The van der Waals surface area contributed by atoms with E-state index < -0.39 is 0 Å². The van der Waals surface area contributed by atoms with Crippen molar-refractivity contribution in [2.24, 2.45) is 5.10 Å². The molecule has 126 valence electrons. The highest BCUT2D eigenvalue weighted by Gasteiger charge is 2.13. The summed E-state index contributed by atoms with van der Waals surface area (Å²) >= 11 is 3.54. The molecule has 1 fully saturated rings. The first-order valence-corrected chi connectivity index (χ1v) is 9.03. The lowest BCUT2D eigenvalue weighted by Gasteiger charge is -2.16. The van der Waals surface area contributed by atoms with Gasteiger partial charge in [-0.15, -0.1) is 0 Å². The van der Waals surface area contributed by atoms with Crippen LogP contribution in [0, 0.1) is 6.92 Å². The zero-order valence-corrected chi connectivity index (χ0v) is 15.7. The first kappa shape index (κ1) is 18.0. The van der Waals surface area contributed by atoms with E-state index in [9.17, 15) is 4.79 Å². The van der Waals surface area contributed by atoms with Gasteiger partial charge in [-0.2, -0.15) is 5.10 Å². The second-order valence-electron chi connectivity index (χ2n) is 6.36. The van der Waals surface area contributed by atoms with E-state index in [1.165, 1.54) is 19.3 Å². The Bertz CT molecular complexity index is 589. The summed E-state index contributed by atoms with van der Waals surface area (Å²) in [6.45, 7) is 6.21. The van der Waals surface area contributed by atoms with Gasteiger partial charge in [0.1, 0.15) is 5.75 Å². The maximum absolute atomic E-state index is 11.9. The molecule has 0 saturated heterocycles. The third-order valence-electron chi connectivity index (χ3n) is 4.04. The Hall–Kier alpha value is -1.36. The van der Waals surface area contributed by atoms with E-state index in [0.717, 1.165) is 39.9 Å². The van der Waals surface area contributed by atoms with Crippen molar-refractivity contribution < 1.29 is 9.53 Å². The summed E-state index contributed by atoms with van der Waals surface area (Å²) in [5, 5.41) is 4.21. The number of aryl methyl sites for hydroxylation is 1. The number of halogens is 1. The van der Waals surface area contributed by atoms with Gasteiger partial charge in [-0.25, -0.2) is 5.43 Å². The van der Waals surface area contributed by atoms with Gasteiger partial charge in [-0.05, 0) is 61.8 Å². The monoisotopic (exact) mass is 380 g/mol. The van der Waals surface area contributed by atoms with Crippen molar-refractivity contribution in [3.8, 4) is 5.75 Å². The predicted molar refractivity (Wildman–Crippen MR) is 97.1 cm³/mol. The second kappa shape index (κ2) is 8.48. The van der Waals surface area contributed by atoms with Gasteiger partial charge in [0.05, 0.1) is 0 Å². The normalized spacial score (nSPS) is 14.7. The highest BCUT2D eigenvalue weighted by atomic mass is 79.9. The molecular formula is C18H25BrN2O2. The maximum atomic E-state index is 11.9. The summed E-state index contributed by atoms with van der Waals surface area (Å²) in [7, 11) is 0. The number of hydrogen-bond acceptors (Lipinski definition) is 3. The van der Waals surface area contributed by atoms with Gasteiger partial charge in [-0.1, -0.05) is 36.2 Å². The molecular weight excluding hydrogens is 356 g/mol. The predicted octanol–water partition coefficient (Wildman–Crippen LogP) is 4.70. The number of rotatable bonds is 5. The first-order chi connectivity index (χ1) is 11.0. The molecule has 0 heterocycles. The van der Waals surface area contributed by atoms with Crippen molar-refractivity contribution in [2.75, 3.05) is 6.61 Å². The molecule has 1 N–H and O–H groups in total. The van der Waals surface area contributed by atoms with Crippen LogP contribution in [0.15, 0.2) is 21.7 Å². The van der Waals surface area contributed by atoms with E-state index in [2.05, 4.69) is 46.4 Å². The summed E-state index contributed by atoms with van der Waals surface area (Å²) in [4.78, 5) is 11.9. The minimum atomic E-state index is -0.210. The van der Waals surface area contributed by atoms with Crippen molar-refractivity contribution in [3.05, 3.63) is 27.7 Å². The summed E-state index contributed by atoms with van der Waals surface area (Å²) in [6.07, 6.45) is 5.58. The van der Waals surface area contributed by atoms with Gasteiger partial charge >= 0.3 is 0 Å². The SMILES string of the molecule is Cc1cc(OCC(=O)NN=C2CCCCC2)c(C(C)C)cc1Br. The van der Waals surface area contributed by atoms with Gasteiger partial charge < -0.3 is 4.74 Å². The number of hydrogen-bond donors (Lipinski definition) is 1. The molecule has 1 aromatic carbocycles. The molecule has 0 aromatic heterocycles. The molecule has 0 aliphatic heterocycles. The van der Waals surface area contributed by atoms with Gasteiger partial charge in [0.15, 0.2) is 6.61 Å². The largest absolute Gasteiger partial charge is 0.483 e. The third-order valence-corrected chi connectivity index (χ3v) is 4.90. The zero-order valence-electron chi connectivity index (χ0n) is 14.1. The highest BCUT2D eigenvalue weighted by Crippen LogP contribution is 2.32. The highest BCUT2D eigenvalue weighted by molar-refractivity contribution is 9.10. The van der Waals surface area contributed by atoms with Crippen LogP contribution in [0.4, 0.5) is 0 Å². The van der Waals surface area contributed by atoms with Crippen LogP contribution in [0.5, 0.6) is 5.75 Å². The number of carbonyl (C=O) groups excluding carboxylic acids is 1. The Kier molecular flexibility index (Phi) is 6.63. The Morgan fingerprint density at radius 2 is 2.00 bits per heavy atom. The Balaban J connectivity index is 1.94. The van der Waals surface area contributed by atoms with Crippen LogP contribution in [0.1, 0.15) is 63.0 Å². The minimum absolute atomic E-state index is 0.0163. The fraction of sp³-hybridized carbons (Fsp3) is 0.556. The van der Waals surface area contributed by atoms with Crippen molar-refractivity contribution in [2.45, 2.75) is 58.8 Å². The first-order valence-electron chi connectivity index (χ1n) is 8.24. The van der Waals surface area contributed by atoms with Crippen LogP contribution < -0.4 is 10.2 Å². The maximum Gasteiger partial charge on any atom is 0.277 e. The molecule has 23 heavy (non-hydrogen) atoms. The van der Waals surface area contributed by atoms with E-state index in [0.29, 0.717) is 5.92 Å². The molecule has 0 unspecified atom stereocenters. The number of hydrazone groups is 1. The molecule has 0 radical (unpaired) electrons. The van der Waals surface area contributed by atoms with Crippen LogP contribution >= 0.6 is 15.9 Å². The molecule has 0 spiro atoms. The fourth-order valence-electron chi connectivity index (χ4n) is 2.64. The summed E-state index contributed by atoms with van der Waals surface area (Å²) in [6, 6.07) is 4.04. The molecule has 4 nitrogen and oxygen atoms in total. The van der Waals surface area contributed by atoms with Crippen LogP contribution in [-0.4, -0.2) is 18.2 Å². The average Bonchev–Trinajstić information content (AvgIpc) is 2.54. The third kappa shape index (κ3) is 5.34. The molecule has 5 heteroatoms. The van der Waals surface area contributed by atoms with Gasteiger partial charge in [0, 0.05) is 10.2 Å². The average molecular weight is 381 g/mol. The standard InChI is InChI=1S/C18H25BrN2O2/c1-12(2)15-10-16(19)13(3)9-17(15)23-11-18(22)21-20-14-7-5-4-6-8-14/h9-10,12H,4-8,11H2,1-3H3,(H,21,22). The zero-order chi connectivity index (χ0) is 16.8. The molecule has 1 amide bonds. The topological polar surface area (TPSA) is 50.7 Å². The van der Waals surface area contributed by atoms with Crippen LogP contribution in [-0.2, 0) is 4.79 Å². The number of ether oxygens (including phenoxy) is 1. The van der Waals surface area contributed by atoms with E-state index in [-0.39, 0.29) is 12.5 Å². The quantitative estimate of drug-likeness (QED) is 0.752. The number of amides is 1. The minimum Gasteiger partial charge on any atom is -0.483 e. The summed E-state index contributed by atoms with van der Waals surface area (Å²) in [5.41, 5.74) is 5.88. The lowest BCUT2D eigenvalue weighted by atomic mass is 9.99. The summed E-state index contributed by atoms with van der Waals surface area (Å²) in [5.74, 6) is 0.881. The Morgan fingerprint density at radius 3 is 2.65 bits per heavy atom. The Labute approximate surface area is 146 Å². The molecule has 2 rings (SSSR count). The molecule has 1 aromatic rings. The smallest absolute Gasteiger partial charge is 0.277 e. The lowest BCUT2D eigenvalue weighted by Crippen LogP contribution is -2.26. The number of nitrogens with one attached hydrogen (secondary N) is 1. The van der Waals surface area contributed by atoms with E-state index >= 15 is 0 Å². The van der Waals surface area contributed by atoms with E-state index in [1.54, 1.807) is 0 Å². The molecule has 0 bridgehead atoms. The van der Waals surface area contributed by atoms with Crippen LogP contribution in [0.2, 0.25) is 0 Å². The molecule has 1 aliphatic carbocycles. The van der Waals surface area contributed by atoms with Gasteiger partial charge in [0.25, 0.3) is 5.91 Å². The fourth-order valence-corrected chi connectivity index (χ4v) is 3.00. The van der Waals surface area contributed by atoms with Crippen molar-refractivity contribution >= 4 is 27.5 Å². The van der Waals surface area contributed by atoms with Gasteiger partial charge in [-0.3, -0.25) is 4.79 Å².